The predicted octanol–water partition coefficient (Wildman–Crippen LogP) is 3.50. The normalized spacial score (nSPS) is 12.8. The zero-order valence-corrected chi connectivity index (χ0v) is 14.4. The van der Waals surface area contributed by atoms with Gasteiger partial charge in [0.15, 0.2) is 5.96 Å². The molecule has 22 heavy (non-hydrogen) atoms. The van der Waals surface area contributed by atoms with Gasteiger partial charge in [-0.3, -0.25) is 4.99 Å². The van der Waals surface area contributed by atoms with Crippen molar-refractivity contribution in [2.24, 2.45) is 4.99 Å². The van der Waals surface area contributed by atoms with Crippen molar-refractivity contribution in [1.82, 2.24) is 10.2 Å². The van der Waals surface area contributed by atoms with Gasteiger partial charge in [-0.25, -0.2) is 0 Å². The zero-order valence-electron chi connectivity index (χ0n) is 13.7. The van der Waals surface area contributed by atoms with Crippen LogP contribution in [0.25, 0.3) is 0 Å². The third kappa shape index (κ3) is 6.08. The van der Waals surface area contributed by atoms with Crippen molar-refractivity contribution in [2.75, 3.05) is 34.3 Å². The molecule has 5 heteroatoms. The molecule has 0 aliphatic rings. The number of nitrogens with zero attached hydrogens (tertiary/aromatic N) is 2. The first-order valence-electron chi connectivity index (χ1n) is 7.43. The number of ether oxygens (including phenoxy) is 1. The average Bonchev–Trinajstić information content (AvgIpc) is 2.52. The van der Waals surface area contributed by atoms with E-state index in [-0.39, 0.29) is 6.10 Å². The summed E-state index contributed by atoms with van der Waals surface area (Å²) in [6, 6.07) is 7.73. The van der Waals surface area contributed by atoms with Crippen LogP contribution in [0.4, 0.5) is 0 Å². The Hall–Kier alpha value is -1.52. The van der Waals surface area contributed by atoms with E-state index in [2.05, 4.69) is 21.8 Å². The number of aliphatic imine (C=N–C) groups is 1. The van der Waals surface area contributed by atoms with E-state index in [1.807, 2.05) is 37.4 Å². The van der Waals surface area contributed by atoms with Gasteiger partial charge in [0.1, 0.15) is 0 Å². The summed E-state index contributed by atoms with van der Waals surface area (Å²) < 4.78 is 5.56. The van der Waals surface area contributed by atoms with Crippen LogP contribution in [0.15, 0.2) is 41.9 Å². The molecule has 0 saturated heterocycles. The van der Waals surface area contributed by atoms with Crippen LogP contribution >= 0.6 is 11.6 Å². The van der Waals surface area contributed by atoms with Gasteiger partial charge in [-0.15, -0.1) is 6.58 Å². The van der Waals surface area contributed by atoms with Crippen molar-refractivity contribution in [3.63, 3.8) is 0 Å². The molecule has 1 aromatic rings. The van der Waals surface area contributed by atoms with Crippen molar-refractivity contribution in [3.8, 4) is 0 Å². The zero-order chi connectivity index (χ0) is 16.4. The quantitative estimate of drug-likeness (QED) is 0.344. The van der Waals surface area contributed by atoms with Crippen molar-refractivity contribution in [3.05, 3.63) is 47.5 Å². The predicted molar refractivity (Wildman–Crippen MR) is 94.6 cm³/mol. The molecule has 1 aromatic carbocycles. The molecular weight excluding hydrogens is 298 g/mol. The van der Waals surface area contributed by atoms with Gasteiger partial charge in [0, 0.05) is 39.3 Å². The van der Waals surface area contributed by atoms with Crippen LogP contribution in [0.2, 0.25) is 5.02 Å². The summed E-state index contributed by atoms with van der Waals surface area (Å²) in [4.78, 5) is 6.41. The molecule has 0 saturated carbocycles. The highest BCUT2D eigenvalue weighted by atomic mass is 35.5. The van der Waals surface area contributed by atoms with Gasteiger partial charge in [0.05, 0.1) is 6.10 Å². The fraction of sp³-hybridized carbons (Fsp3) is 0.471. The average molecular weight is 324 g/mol. The maximum atomic E-state index is 6.04. The molecule has 0 radical (unpaired) electrons. The highest BCUT2D eigenvalue weighted by Crippen LogP contribution is 2.19. The maximum Gasteiger partial charge on any atom is 0.193 e. The Morgan fingerprint density at radius 3 is 2.91 bits per heavy atom. The van der Waals surface area contributed by atoms with Crippen LogP contribution in [-0.4, -0.2) is 45.2 Å². The molecule has 0 spiro atoms. The van der Waals surface area contributed by atoms with E-state index in [0.717, 1.165) is 30.9 Å². The second kappa shape index (κ2) is 10.2. The highest BCUT2D eigenvalue weighted by molar-refractivity contribution is 6.30. The minimum atomic E-state index is -0.0722. The first kappa shape index (κ1) is 18.5. The van der Waals surface area contributed by atoms with Crippen LogP contribution in [-0.2, 0) is 4.74 Å². The van der Waals surface area contributed by atoms with E-state index < -0.39 is 0 Å². The molecule has 1 N–H and O–H groups in total. The Morgan fingerprint density at radius 1 is 1.55 bits per heavy atom. The summed E-state index contributed by atoms with van der Waals surface area (Å²) in [5.41, 5.74) is 1.05. The fourth-order valence-electron chi connectivity index (χ4n) is 2.19. The lowest BCUT2D eigenvalue weighted by molar-refractivity contribution is 0.106. The third-order valence-electron chi connectivity index (χ3n) is 3.43. The first-order chi connectivity index (χ1) is 10.6. The Bertz CT molecular complexity index is 491. The van der Waals surface area contributed by atoms with E-state index in [1.54, 1.807) is 14.2 Å². The summed E-state index contributed by atoms with van der Waals surface area (Å²) in [6.07, 6.45) is 3.93. The summed E-state index contributed by atoms with van der Waals surface area (Å²) in [5.74, 6) is 0.855. The maximum absolute atomic E-state index is 6.04. The second-order valence-electron chi connectivity index (χ2n) is 5.06. The molecule has 0 heterocycles. The molecule has 0 amide bonds. The summed E-state index contributed by atoms with van der Waals surface area (Å²) in [6.45, 7) is 5.31. The van der Waals surface area contributed by atoms with Crippen molar-refractivity contribution in [1.29, 1.82) is 0 Å². The Labute approximate surface area is 138 Å². The van der Waals surface area contributed by atoms with Gasteiger partial charge < -0.3 is 15.0 Å². The Balaban J connectivity index is 2.58. The number of guanidine groups is 1. The molecule has 122 valence electrons. The molecule has 1 atom stereocenters. The van der Waals surface area contributed by atoms with E-state index in [0.29, 0.717) is 11.6 Å². The number of methoxy groups -OCH3 is 1. The highest BCUT2D eigenvalue weighted by Gasteiger charge is 2.13. The van der Waals surface area contributed by atoms with Gasteiger partial charge >= 0.3 is 0 Å². The van der Waals surface area contributed by atoms with Crippen LogP contribution in [0.5, 0.6) is 0 Å². The van der Waals surface area contributed by atoms with Gasteiger partial charge in [-0.2, -0.15) is 0 Å². The number of benzene rings is 1. The molecule has 1 rings (SSSR count). The molecule has 4 nitrogen and oxygen atoms in total. The molecule has 0 aromatic heterocycles. The number of rotatable bonds is 8. The van der Waals surface area contributed by atoms with Crippen LogP contribution in [0.3, 0.4) is 0 Å². The van der Waals surface area contributed by atoms with Crippen molar-refractivity contribution < 1.29 is 4.74 Å². The molecule has 0 bridgehead atoms. The summed E-state index contributed by atoms with van der Waals surface area (Å²) in [5, 5.41) is 4.06. The minimum absolute atomic E-state index is 0.0722. The van der Waals surface area contributed by atoms with Gasteiger partial charge in [0.2, 0.25) is 0 Å². The topological polar surface area (TPSA) is 36.9 Å². The second-order valence-corrected chi connectivity index (χ2v) is 5.50. The molecular formula is C17H26ClN3O. The first-order valence-corrected chi connectivity index (χ1v) is 7.81. The fourth-order valence-corrected chi connectivity index (χ4v) is 2.39. The summed E-state index contributed by atoms with van der Waals surface area (Å²) >= 11 is 6.04. The molecule has 0 aliphatic heterocycles. The van der Waals surface area contributed by atoms with Crippen molar-refractivity contribution in [2.45, 2.75) is 18.9 Å². The monoisotopic (exact) mass is 323 g/mol. The smallest absolute Gasteiger partial charge is 0.193 e. The summed E-state index contributed by atoms with van der Waals surface area (Å²) in [7, 11) is 5.51. The van der Waals surface area contributed by atoms with E-state index in [9.17, 15) is 0 Å². The van der Waals surface area contributed by atoms with Gasteiger partial charge in [0.25, 0.3) is 0 Å². The lowest BCUT2D eigenvalue weighted by Crippen LogP contribution is -2.41. The Morgan fingerprint density at radius 2 is 2.32 bits per heavy atom. The molecule has 0 fully saturated rings. The Kier molecular flexibility index (Phi) is 8.63. The lowest BCUT2D eigenvalue weighted by Gasteiger charge is -2.24. The number of nitrogens with one attached hydrogen (secondary N) is 1. The van der Waals surface area contributed by atoms with E-state index >= 15 is 0 Å². The van der Waals surface area contributed by atoms with Crippen molar-refractivity contribution >= 4 is 17.6 Å². The number of halogens is 1. The standard InChI is InChI=1S/C17H26ClN3O/c1-5-6-7-11-21(3)17(19-2)20-13-16(22-4)14-9-8-10-15(18)12-14/h5,8-10,12,16H,1,6-7,11,13H2,2-4H3,(H,19,20). The number of unbranched alkanes of at least 4 members (excludes halogenated alkanes) is 1. The van der Waals surface area contributed by atoms with Gasteiger partial charge in [-0.05, 0) is 30.5 Å². The third-order valence-corrected chi connectivity index (χ3v) is 3.66. The van der Waals surface area contributed by atoms with Crippen LogP contribution < -0.4 is 5.32 Å². The van der Waals surface area contributed by atoms with E-state index in [4.69, 9.17) is 16.3 Å². The largest absolute Gasteiger partial charge is 0.375 e. The van der Waals surface area contributed by atoms with Crippen LogP contribution in [0.1, 0.15) is 24.5 Å². The molecule has 1 unspecified atom stereocenters. The van der Waals surface area contributed by atoms with E-state index in [1.165, 1.54) is 0 Å². The number of hydrogen-bond acceptors (Lipinski definition) is 2. The number of hydrogen-bond donors (Lipinski definition) is 1. The minimum Gasteiger partial charge on any atom is -0.375 e. The molecule has 0 aliphatic carbocycles. The van der Waals surface area contributed by atoms with Crippen LogP contribution in [0, 0.1) is 0 Å². The lowest BCUT2D eigenvalue weighted by atomic mass is 10.1. The SMILES string of the molecule is C=CCCCN(C)C(=NC)NCC(OC)c1cccc(Cl)c1. The number of allylic oxidation sites excluding steroid dienone is 1. The van der Waals surface area contributed by atoms with Gasteiger partial charge in [-0.1, -0.05) is 29.8 Å².